The predicted molar refractivity (Wildman–Crippen MR) is 126 cm³/mol. The van der Waals surface area contributed by atoms with E-state index in [0.29, 0.717) is 26.4 Å². The average Bonchev–Trinajstić information content (AvgIpc) is 3.28. The Morgan fingerprint density at radius 3 is 2.39 bits per heavy atom. The van der Waals surface area contributed by atoms with Crippen LogP contribution in [0, 0.1) is 6.92 Å². The molecule has 0 aliphatic heterocycles. The maximum absolute atomic E-state index is 12.5. The summed E-state index contributed by atoms with van der Waals surface area (Å²) in [7, 11) is 0. The van der Waals surface area contributed by atoms with Crippen molar-refractivity contribution in [3.63, 3.8) is 0 Å². The van der Waals surface area contributed by atoms with Crippen molar-refractivity contribution in [3.05, 3.63) is 74.6 Å². The molecule has 0 aliphatic carbocycles. The van der Waals surface area contributed by atoms with Crippen LogP contribution in [0.4, 0.5) is 11.5 Å². The van der Waals surface area contributed by atoms with Crippen LogP contribution in [-0.4, -0.2) is 22.0 Å². The van der Waals surface area contributed by atoms with E-state index in [0.717, 1.165) is 21.4 Å². The molecule has 6 nitrogen and oxygen atoms in total. The first-order chi connectivity index (χ1) is 14.9. The van der Waals surface area contributed by atoms with Gasteiger partial charge >= 0.3 is 0 Å². The van der Waals surface area contributed by atoms with Crippen LogP contribution in [0.5, 0.6) is 0 Å². The number of hydrogen-bond donors (Lipinski definition) is 3. The molecule has 0 fully saturated rings. The molecule has 4 aromatic rings. The van der Waals surface area contributed by atoms with Gasteiger partial charge in [0.05, 0.1) is 34.0 Å². The van der Waals surface area contributed by atoms with Gasteiger partial charge in [-0.3, -0.25) is 14.7 Å². The number of aromatic nitrogens is 2. The standard InChI is InChI=1S/C22H18Cl2N4O2S/c1-12-5-7-13(8-6-12)9-18(29)26-21-15-10-14(31-22(15)28-27-21)11-19(30)25-20-16(23)3-2-4-17(20)24/h2-8,10H,9,11H2,1H3,(H,25,30)(H2,26,27,28,29). The number of rotatable bonds is 6. The Morgan fingerprint density at radius 1 is 1.00 bits per heavy atom. The zero-order valence-corrected chi connectivity index (χ0v) is 18.8. The Hall–Kier alpha value is -2.87. The molecule has 0 aliphatic rings. The summed E-state index contributed by atoms with van der Waals surface area (Å²) in [4.78, 5) is 26.4. The van der Waals surface area contributed by atoms with E-state index in [2.05, 4.69) is 20.8 Å². The average molecular weight is 473 g/mol. The molecule has 31 heavy (non-hydrogen) atoms. The Labute approximate surface area is 192 Å². The second kappa shape index (κ2) is 9.09. The van der Waals surface area contributed by atoms with Crippen LogP contribution >= 0.6 is 34.5 Å². The number of hydrogen-bond acceptors (Lipinski definition) is 4. The number of aryl methyl sites for hydroxylation is 1. The summed E-state index contributed by atoms with van der Waals surface area (Å²) < 4.78 is 0. The smallest absolute Gasteiger partial charge is 0.229 e. The van der Waals surface area contributed by atoms with Crippen LogP contribution in [0.15, 0.2) is 48.5 Å². The van der Waals surface area contributed by atoms with Crippen molar-refractivity contribution in [1.82, 2.24) is 10.2 Å². The third-order valence-electron chi connectivity index (χ3n) is 4.61. The number of carbonyl (C=O) groups excluding carboxylic acids is 2. The number of anilines is 2. The number of nitrogens with one attached hydrogen (secondary N) is 3. The minimum absolute atomic E-state index is 0.138. The molecular weight excluding hydrogens is 455 g/mol. The fourth-order valence-corrected chi connectivity index (χ4v) is 4.56. The summed E-state index contributed by atoms with van der Waals surface area (Å²) in [6.45, 7) is 2.00. The van der Waals surface area contributed by atoms with E-state index in [-0.39, 0.29) is 24.7 Å². The van der Waals surface area contributed by atoms with Crippen LogP contribution < -0.4 is 10.6 Å². The highest BCUT2D eigenvalue weighted by molar-refractivity contribution is 7.18. The van der Waals surface area contributed by atoms with E-state index in [1.165, 1.54) is 11.3 Å². The number of aromatic amines is 1. The summed E-state index contributed by atoms with van der Waals surface area (Å²) in [6, 6.07) is 14.7. The van der Waals surface area contributed by atoms with Crippen LogP contribution in [-0.2, 0) is 22.4 Å². The molecule has 0 atom stereocenters. The number of para-hydroxylation sites is 1. The van der Waals surface area contributed by atoms with Gasteiger partial charge in [-0.05, 0) is 30.7 Å². The molecule has 2 aromatic heterocycles. The van der Waals surface area contributed by atoms with Gasteiger partial charge < -0.3 is 10.6 Å². The van der Waals surface area contributed by atoms with Crippen molar-refractivity contribution in [1.29, 1.82) is 0 Å². The molecule has 0 bridgehead atoms. The lowest BCUT2D eigenvalue weighted by Crippen LogP contribution is -2.15. The SMILES string of the molecule is Cc1ccc(CC(=O)Nc2[nH]nc3sc(CC(=O)Nc4c(Cl)cccc4Cl)cc23)cc1. The van der Waals surface area contributed by atoms with Crippen molar-refractivity contribution < 1.29 is 9.59 Å². The molecule has 3 N–H and O–H groups in total. The Bertz CT molecular complexity index is 1240. The molecule has 2 amide bonds. The highest BCUT2D eigenvalue weighted by atomic mass is 35.5. The van der Waals surface area contributed by atoms with Crippen molar-refractivity contribution in [2.45, 2.75) is 19.8 Å². The third-order valence-corrected chi connectivity index (χ3v) is 6.27. The van der Waals surface area contributed by atoms with E-state index in [9.17, 15) is 9.59 Å². The van der Waals surface area contributed by atoms with Crippen molar-refractivity contribution in [2.24, 2.45) is 0 Å². The van der Waals surface area contributed by atoms with Gasteiger partial charge in [-0.1, -0.05) is 59.1 Å². The van der Waals surface area contributed by atoms with Crippen LogP contribution in [0.1, 0.15) is 16.0 Å². The highest BCUT2D eigenvalue weighted by Crippen LogP contribution is 2.32. The molecule has 0 unspecified atom stereocenters. The summed E-state index contributed by atoms with van der Waals surface area (Å²) >= 11 is 13.6. The summed E-state index contributed by atoms with van der Waals surface area (Å²) in [6.07, 6.45) is 0.401. The number of carbonyl (C=O) groups is 2. The third kappa shape index (κ3) is 5.07. The van der Waals surface area contributed by atoms with Crippen LogP contribution in [0.3, 0.4) is 0 Å². The van der Waals surface area contributed by atoms with Gasteiger partial charge in [-0.15, -0.1) is 11.3 Å². The maximum atomic E-state index is 12.5. The van der Waals surface area contributed by atoms with Gasteiger partial charge in [0, 0.05) is 4.88 Å². The van der Waals surface area contributed by atoms with E-state index in [1.807, 2.05) is 37.3 Å². The lowest BCUT2D eigenvalue weighted by Gasteiger charge is -2.08. The van der Waals surface area contributed by atoms with Gasteiger partial charge in [0.1, 0.15) is 10.6 Å². The van der Waals surface area contributed by atoms with Gasteiger partial charge in [0.15, 0.2) is 0 Å². The van der Waals surface area contributed by atoms with Crippen molar-refractivity contribution >= 4 is 68.1 Å². The van der Waals surface area contributed by atoms with E-state index in [4.69, 9.17) is 23.2 Å². The monoisotopic (exact) mass is 472 g/mol. The highest BCUT2D eigenvalue weighted by Gasteiger charge is 2.16. The molecule has 0 saturated carbocycles. The number of halogens is 2. The quantitative estimate of drug-likeness (QED) is 0.341. The fraction of sp³-hybridized carbons (Fsp3) is 0.136. The minimum Gasteiger partial charge on any atom is -0.323 e. The van der Waals surface area contributed by atoms with Gasteiger partial charge in [0.25, 0.3) is 0 Å². The first kappa shape index (κ1) is 21.4. The van der Waals surface area contributed by atoms with Crippen LogP contribution in [0.25, 0.3) is 10.2 Å². The normalized spacial score (nSPS) is 10.9. The second-order valence-electron chi connectivity index (χ2n) is 7.06. The van der Waals surface area contributed by atoms with Gasteiger partial charge in [0.2, 0.25) is 11.8 Å². The molecule has 0 spiro atoms. The molecule has 4 rings (SSSR count). The molecule has 158 valence electrons. The molecular formula is C22H18Cl2N4O2S. The number of benzene rings is 2. The summed E-state index contributed by atoms with van der Waals surface area (Å²) in [5.41, 5.74) is 2.47. The zero-order valence-electron chi connectivity index (χ0n) is 16.5. The topological polar surface area (TPSA) is 86.9 Å². The Balaban J connectivity index is 1.43. The fourth-order valence-electron chi connectivity index (χ4n) is 3.08. The van der Waals surface area contributed by atoms with Crippen molar-refractivity contribution in [2.75, 3.05) is 10.6 Å². The number of fused-ring (bicyclic) bond motifs is 1. The van der Waals surface area contributed by atoms with Gasteiger partial charge in [-0.25, -0.2) is 0 Å². The van der Waals surface area contributed by atoms with Gasteiger partial charge in [-0.2, -0.15) is 5.10 Å². The predicted octanol–water partition coefficient (Wildman–Crippen LogP) is 5.60. The summed E-state index contributed by atoms with van der Waals surface area (Å²) in [5, 5.41) is 14.2. The molecule has 0 saturated heterocycles. The second-order valence-corrected chi connectivity index (χ2v) is 8.99. The molecule has 2 heterocycles. The maximum Gasteiger partial charge on any atom is 0.229 e. The molecule has 0 radical (unpaired) electrons. The Morgan fingerprint density at radius 2 is 1.68 bits per heavy atom. The van der Waals surface area contributed by atoms with E-state index < -0.39 is 0 Å². The van der Waals surface area contributed by atoms with Crippen LogP contribution in [0.2, 0.25) is 10.0 Å². The lowest BCUT2D eigenvalue weighted by atomic mass is 10.1. The van der Waals surface area contributed by atoms with Crippen molar-refractivity contribution in [3.8, 4) is 0 Å². The number of H-pyrrole nitrogens is 1. The number of thiophene rings is 1. The summed E-state index contributed by atoms with van der Waals surface area (Å²) in [5.74, 6) is 0.130. The zero-order chi connectivity index (χ0) is 22.0. The molecule has 2 aromatic carbocycles. The number of nitrogens with zero attached hydrogens (tertiary/aromatic N) is 1. The first-order valence-electron chi connectivity index (χ1n) is 9.45. The largest absolute Gasteiger partial charge is 0.323 e. The number of amides is 2. The van der Waals surface area contributed by atoms with E-state index in [1.54, 1.807) is 18.2 Å². The minimum atomic E-state index is -0.243. The first-order valence-corrected chi connectivity index (χ1v) is 11.0. The Kier molecular flexibility index (Phi) is 6.27. The molecule has 9 heteroatoms. The lowest BCUT2D eigenvalue weighted by molar-refractivity contribution is -0.116. The van der Waals surface area contributed by atoms with E-state index >= 15 is 0 Å².